The Bertz CT molecular complexity index is 1300. The summed E-state index contributed by atoms with van der Waals surface area (Å²) in [5.74, 6) is 1.89. The molecular weight excluding hydrogens is 334 g/mol. The van der Waals surface area contributed by atoms with Gasteiger partial charge in [0.15, 0.2) is 0 Å². The first-order valence-corrected chi connectivity index (χ1v) is 9.11. The molecule has 0 unspecified atom stereocenters. The van der Waals surface area contributed by atoms with E-state index >= 15 is 0 Å². The van der Waals surface area contributed by atoms with Crippen LogP contribution in [0.3, 0.4) is 0 Å². The summed E-state index contributed by atoms with van der Waals surface area (Å²) in [6.45, 7) is 2.02. The predicted octanol–water partition coefficient (Wildman–Crippen LogP) is 4.16. The second-order valence-corrected chi connectivity index (χ2v) is 6.86. The number of rotatable bonds is 3. The fourth-order valence-electron chi connectivity index (χ4n) is 3.73. The smallest absolute Gasteiger partial charge is 0.129 e. The van der Waals surface area contributed by atoms with Gasteiger partial charge in [-0.25, -0.2) is 15.0 Å². The summed E-state index contributed by atoms with van der Waals surface area (Å²) >= 11 is 0. The minimum absolute atomic E-state index is 0.751. The third kappa shape index (κ3) is 2.63. The number of benzene rings is 2. The number of hydrogen-bond acceptors (Lipinski definition) is 4. The summed E-state index contributed by atoms with van der Waals surface area (Å²) in [6, 6.07) is 14.7. The molecule has 5 heteroatoms. The molecule has 27 heavy (non-hydrogen) atoms. The second kappa shape index (κ2) is 6.13. The van der Waals surface area contributed by atoms with Gasteiger partial charge in [0, 0.05) is 42.6 Å². The van der Waals surface area contributed by atoms with E-state index in [1.165, 1.54) is 10.8 Å². The van der Waals surface area contributed by atoms with Crippen LogP contribution in [0, 0.1) is 6.92 Å². The molecule has 0 saturated carbocycles. The lowest BCUT2D eigenvalue weighted by atomic mass is 10.1. The van der Waals surface area contributed by atoms with Crippen molar-refractivity contribution in [1.29, 1.82) is 0 Å². The van der Waals surface area contributed by atoms with Gasteiger partial charge < -0.3 is 4.57 Å². The maximum Gasteiger partial charge on any atom is 0.129 e. The van der Waals surface area contributed by atoms with E-state index in [4.69, 9.17) is 4.98 Å². The molecule has 5 rings (SSSR count). The Balaban J connectivity index is 1.52. The molecule has 0 saturated heterocycles. The number of hydrogen-bond donors (Lipinski definition) is 0. The second-order valence-electron chi connectivity index (χ2n) is 6.86. The first kappa shape index (κ1) is 15.9. The zero-order valence-corrected chi connectivity index (χ0v) is 15.3. The maximum atomic E-state index is 4.94. The van der Waals surface area contributed by atoms with Crippen molar-refractivity contribution >= 4 is 32.7 Å². The molecule has 0 atom stereocenters. The van der Waals surface area contributed by atoms with Crippen molar-refractivity contribution in [3.05, 3.63) is 72.2 Å². The quantitative estimate of drug-likeness (QED) is 0.489. The highest BCUT2D eigenvalue weighted by Gasteiger charge is 2.12. The van der Waals surface area contributed by atoms with Crippen LogP contribution >= 0.6 is 0 Å². The first-order chi connectivity index (χ1) is 13.2. The van der Waals surface area contributed by atoms with Crippen molar-refractivity contribution in [3.8, 4) is 0 Å². The van der Waals surface area contributed by atoms with Gasteiger partial charge in [-0.3, -0.25) is 4.98 Å². The Labute approximate surface area is 156 Å². The Morgan fingerprint density at radius 2 is 1.78 bits per heavy atom. The number of aryl methyl sites for hydroxylation is 4. The Morgan fingerprint density at radius 3 is 2.70 bits per heavy atom. The molecule has 0 aliphatic heterocycles. The molecule has 0 N–H and O–H groups in total. The number of fused-ring (bicyclic) bond motifs is 4. The SMILES string of the molecule is Cc1nc(CCc2nc3c4ccccc4ccc3n2C)nc2cnccc12. The van der Waals surface area contributed by atoms with Crippen LogP contribution in [0.1, 0.15) is 17.3 Å². The van der Waals surface area contributed by atoms with E-state index in [0.29, 0.717) is 0 Å². The number of imidazole rings is 1. The monoisotopic (exact) mass is 353 g/mol. The molecule has 0 aliphatic carbocycles. The zero-order valence-electron chi connectivity index (χ0n) is 15.3. The Hall–Kier alpha value is -3.34. The van der Waals surface area contributed by atoms with Crippen LogP contribution in [0.25, 0.3) is 32.7 Å². The molecule has 3 heterocycles. The largest absolute Gasteiger partial charge is 0.331 e. The molecule has 5 nitrogen and oxygen atoms in total. The molecule has 0 spiro atoms. The van der Waals surface area contributed by atoms with Crippen LogP contribution in [-0.4, -0.2) is 24.5 Å². The third-order valence-electron chi connectivity index (χ3n) is 5.18. The fourth-order valence-corrected chi connectivity index (χ4v) is 3.73. The van der Waals surface area contributed by atoms with E-state index in [2.05, 4.69) is 63.0 Å². The van der Waals surface area contributed by atoms with E-state index in [1.807, 2.05) is 13.0 Å². The molecule has 0 amide bonds. The summed E-state index contributed by atoms with van der Waals surface area (Å²) in [5, 5.41) is 3.47. The van der Waals surface area contributed by atoms with E-state index in [0.717, 1.165) is 52.1 Å². The van der Waals surface area contributed by atoms with Crippen molar-refractivity contribution in [2.24, 2.45) is 7.05 Å². The molecular formula is C22H19N5. The number of pyridine rings is 1. The Morgan fingerprint density at radius 1 is 0.889 bits per heavy atom. The zero-order chi connectivity index (χ0) is 18.4. The first-order valence-electron chi connectivity index (χ1n) is 9.11. The third-order valence-corrected chi connectivity index (χ3v) is 5.18. The average Bonchev–Trinajstić information content (AvgIpc) is 3.03. The standard InChI is InChI=1S/C22H19N5/c1-14-16-11-12-23-13-18(16)25-20(24-14)9-10-21-26-22-17-6-4-3-5-15(17)7-8-19(22)27(21)2/h3-8,11-13H,9-10H2,1-2H3. The van der Waals surface area contributed by atoms with Crippen molar-refractivity contribution in [2.45, 2.75) is 19.8 Å². The predicted molar refractivity (Wildman–Crippen MR) is 108 cm³/mol. The highest BCUT2D eigenvalue weighted by molar-refractivity contribution is 6.04. The Kier molecular flexibility index (Phi) is 3.60. The lowest BCUT2D eigenvalue weighted by Gasteiger charge is -2.05. The van der Waals surface area contributed by atoms with Gasteiger partial charge in [0.25, 0.3) is 0 Å². The lowest BCUT2D eigenvalue weighted by molar-refractivity contribution is 0.760. The molecule has 2 aromatic carbocycles. The highest BCUT2D eigenvalue weighted by atomic mass is 15.1. The molecule has 0 radical (unpaired) electrons. The van der Waals surface area contributed by atoms with E-state index in [9.17, 15) is 0 Å². The fraction of sp³-hybridized carbons (Fsp3) is 0.182. The maximum absolute atomic E-state index is 4.94. The molecule has 0 aliphatic rings. The molecule has 132 valence electrons. The van der Waals surface area contributed by atoms with Crippen molar-refractivity contribution in [2.75, 3.05) is 0 Å². The number of nitrogens with zero attached hydrogens (tertiary/aromatic N) is 5. The van der Waals surface area contributed by atoms with Crippen molar-refractivity contribution in [1.82, 2.24) is 24.5 Å². The van der Waals surface area contributed by atoms with Gasteiger partial charge in [-0.05, 0) is 24.4 Å². The van der Waals surface area contributed by atoms with Crippen LogP contribution in [0.2, 0.25) is 0 Å². The van der Waals surface area contributed by atoms with Gasteiger partial charge >= 0.3 is 0 Å². The van der Waals surface area contributed by atoms with Gasteiger partial charge in [-0.1, -0.05) is 30.3 Å². The molecule has 5 aromatic rings. The summed E-state index contributed by atoms with van der Waals surface area (Å²) < 4.78 is 2.18. The minimum atomic E-state index is 0.751. The lowest BCUT2D eigenvalue weighted by Crippen LogP contribution is -2.04. The highest BCUT2D eigenvalue weighted by Crippen LogP contribution is 2.25. The van der Waals surface area contributed by atoms with Crippen LogP contribution in [-0.2, 0) is 19.9 Å². The van der Waals surface area contributed by atoms with E-state index in [1.54, 1.807) is 12.4 Å². The molecule has 0 fully saturated rings. The van der Waals surface area contributed by atoms with Crippen LogP contribution in [0.15, 0.2) is 54.9 Å². The minimum Gasteiger partial charge on any atom is -0.331 e. The van der Waals surface area contributed by atoms with Gasteiger partial charge in [0.05, 0.1) is 22.7 Å². The van der Waals surface area contributed by atoms with Gasteiger partial charge in [0.1, 0.15) is 11.6 Å². The summed E-state index contributed by atoms with van der Waals surface area (Å²) in [7, 11) is 2.08. The van der Waals surface area contributed by atoms with Gasteiger partial charge in [-0.15, -0.1) is 0 Å². The normalized spacial score (nSPS) is 11.6. The summed E-state index contributed by atoms with van der Waals surface area (Å²) in [4.78, 5) is 18.5. The summed E-state index contributed by atoms with van der Waals surface area (Å²) in [5.41, 5.74) is 4.11. The van der Waals surface area contributed by atoms with Gasteiger partial charge in [-0.2, -0.15) is 0 Å². The molecule has 0 bridgehead atoms. The van der Waals surface area contributed by atoms with Crippen molar-refractivity contribution < 1.29 is 0 Å². The van der Waals surface area contributed by atoms with Crippen molar-refractivity contribution in [3.63, 3.8) is 0 Å². The average molecular weight is 353 g/mol. The number of aromatic nitrogens is 5. The van der Waals surface area contributed by atoms with Gasteiger partial charge in [0.2, 0.25) is 0 Å². The van der Waals surface area contributed by atoms with E-state index in [-0.39, 0.29) is 0 Å². The topological polar surface area (TPSA) is 56.5 Å². The van der Waals surface area contributed by atoms with Crippen LogP contribution in [0.4, 0.5) is 0 Å². The van der Waals surface area contributed by atoms with E-state index < -0.39 is 0 Å². The molecule has 3 aromatic heterocycles. The van der Waals surface area contributed by atoms with Crippen LogP contribution < -0.4 is 0 Å². The van der Waals surface area contributed by atoms with Crippen LogP contribution in [0.5, 0.6) is 0 Å². The summed E-state index contributed by atoms with van der Waals surface area (Å²) in [6.07, 6.45) is 5.13.